The van der Waals surface area contributed by atoms with Crippen molar-refractivity contribution in [2.45, 2.75) is 44.2 Å². The fourth-order valence-corrected chi connectivity index (χ4v) is 4.18. The summed E-state index contributed by atoms with van der Waals surface area (Å²) in [7, 11) is -1.66. The highest BCUT2D eigenvalue weighted by atomic mass is 79.9. The van der Waals surface area contributed by atoms with Crippen LogP contribution < -0.4 is 10.0 Å². The van der Waals surface area contributed by atoms with Crippen LogP contribution in [-0.4, -0.2) is 21.0 Å². The molecule has 1 aromatic rings. The van der Waals surface area contributed by atoms with Crippen LogP contribution >= 0.6 is 15.9 Å². The average Bonchev–Trinajstić information content (AvgIpc) is 2.27. The molecular formula is C13H21BrN2O2S. The largest absolute Gasteiger partial charge is 0.316 e. The Morgan fingerprint density at radius 3 is 2.42 bits per heavy atom. The Kier molecular flexibility index (Phi) is 5.55. The summed E-state index contributed by atoms with van der Waals surface area (Å²) in [5, 5.41) is 3.03. The van der Waals surface area contributed by atoms with Gasteiger partial charge in [0.25, 0.3) is 0 Å². The average molecular weight is 349 g/mol. The standard InChI is InChI=1S/C13H21BrN2O2S/c1-5-13(2,3)16-19(17,18)12-7-6-10(9-15-4)8-11(12)14/h6-8,15-16H,5,9H2,1-4H3. The fraction of sp³-hybridized carbons (Fsp3) is 0.538. The monoisotopic (exact) mass is 348 g/mol. The first kappa shape index (κ1) is 16.6. The topological polar surface area (TPSA) is 58.2 Å². The molecule has 108 valence electrons. The van der Waals surface area contributed by atoms with Crippen molar-refractivity contribution in [1.82, 2.24) is 10.0 Å². The third kappa shape index (κ3) is 4.56. The molecule has 0 saturated carbocycles. The Labute approximate surface area is 124 Å². The molecule has 19 heavy (non-hydrogen) atoms. The van der Waals surface area contributed by atoms with Crippen molar-refractivity contribution in [2.24, 2.45) is 0 Å². The fourth-order valence-electron chi connectivity index (χ4n) is 1.57. The van der Waals surface area contributed by atoms with Crippen LogP contribution in [0.2, 0.25) is 0 Å². The SMILES string of the molecule is CCC(C)(C)NS(=O)(=O)c1ccc(CNC)cc1Br. The molecule has 0 aliphatic rings. The van der Waals surface area contributed by atoms with E-state index >= 15 is 0 Å². The summed E-state index contributed by atoms with van der Waals surface area (Å²) in [5.74, 6) is 0. The number of nitrogens with one attached hydrogen (secondary N) is 2. The number of hydrogen-bond acceptors (Lipinski definition) is 3. The highest BCUT2D eigenvalue weighted by molar-refractivity contribution is 9.10. The van der Waals surface area contributed by atoms with E-state index in [-0.39, 0.29) is 4.90 Å². The molecule has 0 aliphatic heterocycles. The van der Waals surface area contributed by atoms with Crippen molar-refractivity contribution in [3.05, 3.63) is 28.2 Å². The van der Waals surface area contributed by atoms with Gasteiger partial charge in [-0.3, -0.25) is 0 Å². The molecule has 0 amide bonds. The highest BCUT2D eigenvalue weighted by Gasteiger charge is 2.26. The summed E-state index contributed by atoms with van der Waals surface area (Å²) >= 11 is 3.34. The van der Waals surface area contributed by atoms with Gasteiger partial charge in [0.2, 0.25) is 10.0 Å². The van der Waals surface area contributed by atoms with Gasteiger partial charge >= 0.3 is 0 Å². The molecule has 0 saturated heterocycles. The number of benzene rings is 1. The van der Waals surface area contributed by atoms with E-state index in [4.69, 9.17) is 0 Å². The van der Waals surface area contributed by atoms with Crippen molar-refractivity contribution >= 4 is 26.0 Å². The van der Waals surface area contributed by atoms with Gasteiger partial charge < -0.3 is 5.32 Å². The zero-order valence-electron chi connectivity index (χ0n) is 11.7. The van der Waals surface area contributed by atoms with E-state index in [1.165, 1.54) is 0 Å². The second kappa shape index (κ2) is 6.35. The van der Waals surface area contributed by atoms with Crippen molar-refractivity contribution < 1.29 is 8.42 Å². The Hall–Kier alpha value is -0.430. The minimum atomic E-state index is -3.51. The van der Waals surface area contributed by atoms with Crippen LogP contribution in [0.15, 0.2) is 27.6 Å². The van der Waals surface area contributed by atoms with E-state index in [0.717, 1.165) is 12.0 Å². The van der Waals surface area contributed by atoms with Crippen LogP contribution in [0.5, 0.6) is 0 Å². The molecule has 1 rings (SSSR count). The van der Waals surface area contributed by atoms with E-state index in [1.807, 2.05) is 40.0 Å². The molecule has 0 aromatic heterocycles. The van der Waals surface area contributed by atoms with Crippen molar-refractivity contribution in [3.63, 3.8) is 0 Å². The summed E-state index contributed by atoms with van der Waals surface area (Å²) in [6.45, 7) is 6.39. The van der Waals surface area contributed by atoms with Crippen molar-refractivity contribution in [1.29, 1.82) is 0 Å². The third-order valence-corrected chi connectivity index (χ3v) is 5.64. The molecule has 0 aliphatic carbocycles. The molecule has 0 atom stereocenters. The number of hydrogen-bond donors (Lipinski definition) is 2. The van der Waals surface area contributed by atoms with Crippen molar-refractivity contribution in [2.75, 3.05) is 7.05 Å². The van der Waals surface area contributed by atoms with Gasteiger partial charge in [0.15, 0.2) is 0 Å². The van der Waals surface area contributed by atoms with E-state index in [1.54, 1.807) is 6.07 Å². The Morgan fingerprint density at radius 1 is 1.32 bits per heavy atom. The van der Waals surface area contributed by atoms with E-state index < -0.39 is 15.6 Å². The molecule has 1 aromatic carbocycles. The van der Waals surface area contributed by atoms with Gasteiger partial charge in [-0.2, -0.15) is 0 Å². The molecule has 2 N–H and O–H groups in total. The van der Waals surface area contributed by atoms with Gasteiger partial charge in [-0.15, -0.1) is 0 Å². The highest BCUT2D eigenvalue weighted by Crippen LogP contribution is 2.25. The molecular weight excluding hydrogens is 328 g/mol. The second-order valence-corrected chi connectivity index (χ2v) is 7.64. The maximum atomic E-state index is 12.3. The van der Waals surface area contributed by atoms with Gasteiger partial charge in [-0.25, -0.2) is 13.1 Å². The summed E-state index contributed by atoms with van der Waals surface area (Å²) < 4.78 is 28.0. The molecule has 4 nitrogen and oxygen atoms in total. The van der Waals surface area contributed by atoms with Crippen molar-refractivity contribution in [3.8, 4) is 0 Å². The summed E-state index contributed by atoms with van der Waals surface area (Å²) in [4.78, 5) is 0.272. The molecule has 0 radical (unpaired) electrons. The van der Waals surface area contributed by atoms with Gasteiger partial charge in [0, 0.05) is 16.6 Å². The zero-order chi connectivity index (χ0) is 14.7. The Balaban J connectivity index is 3.09. The molecule has 0 unspecified atom stereocenters. The number of halogens is 1. The maximum Gasteiger partial charge on any atom is 0.242 e. The lowest BCUT2D eigenvalue weighted by molar-refractivity contribution is 0.439. The third-order valence-electron chi connectivity index (χ3n) is 2.96. The molecule has 0 heterocycles. The maximum absolute atomic E-state index is 12.3. The molecule has 6 heteroatoms. The minimum Gasteiger partial charge on any atom is -0.316 e. The van der Waals surface area contributed by atoms with Crippen LogP contribution in [0.1, 0.15) is 32.8 Å². The Morgan fingerprint density at radius 2 is 1.95 bits per heavy atom. The van der Waals surface area contributed by atoms with E-state index in [9.17, 15) is 8.42 Å². The lowest BCUT2D eigenvalue weighted by Crippen LogP contribution is -2.42. The van der Waals surface area contributed by atoms with Gasteiger partial charge in [0.1, 0.15) is 0 Å². The normalized spacial score (nSPS) is 12.7. The lowest BCUT2D eigenvalue weighted by atomic mass is 10.0. The minimum absolute atomic E-state index is 0.272. The zero-order valence-corrected chi connectivity index (χ0v) is 14.2. The second-order valence-electron chi connectivity index (χ2n) is 5.14. The molecule has 0 bridgehead atoms. The van der Waals surface area contributed by atoms with Gasteiger partial charge in [-0.1, -0.05) is 13.0 Å². The first-order valence-electron chi connectivity index (χ1n) is 6.19. The number of sulfonamides is 1. The van der Waals surface area contributed by atoms with Gasteiger partial charge in [0.05, 0.1) is 4.90 Å². The van der Waals surface area contributed by atoms with Crippen LogP contribution in [0.3, 0.4) is 0 Å². The summed E-state index contributed by atoms with van der Waals surface area (Å²) in [6.07, 6.45) is 0.724. The predicted octanol–water partition coefficient (Wildman–Crippen LogP) is 2.64. The van der Waals surface area contributed by atoms with Crippen LogP contribution in [0, 0.1) is 0 Å². The molecule has 0 fully saturated rings. The first-order valence-corrected chi connectivity index (χ1v) is 8.46. The van der Waals surface area contributed by atoms with Crippen LogP contribution in [-0.2, 0) is 16.6 Å². The predicted molar refractivity (Wildman–Crippen MR) is 81.6 cm³/mol. The lowest BCUT2D eigenvalue weighted by Gasteiger charge is -2.24. The summed E-state index contributed by atoms with van der Waals surface area (Å²) in [6, 6.07) is 5.27. The Bertz CT molecular complexity index is 542. The quantitative estimate of drug-likeness (QED) is 0.830. The van der Waals surface area contributed by atoms with Crippen LogP contribution in [0.4, 0.5) is 0 Å². The van der Waals surface area contributed by atoms with E-state index in [0.29, 0.717) is 11.0 Å². The molecule has 0 spiro atoms. The van der Waals surface area contributed by atoms with Crippen LogP contribution in [0.25, 0.3) is 0 Å². The smallest absolute Gasteiger partial charge is 0.242 e. The summed E-state index contributed by atoms with van der Waals surface area (Å²) in [5.41, 5.74) is 0.574. The first-order chi connectivity index (χ1) is 8.72. The number of rotatable bonds is 6. The van der Waals surface area contributed by atoms with E-state index in [2.05, 4.69) is 26.0 Å². The van der Waals surface area contributed by atoms with Gasteiger partial charge in [-0.05, 0) is 60.9 Å².